The molecule has 0 saturated carbocycles. The van der Waals surface area contributed by atoms with E-state index in [1.807, 2.05) is 30.3 Å². The lowest BCUT2D eigenvalue weighted by molar-refractivity contribution is 0.0523. The number of esters is 1. The van der Waals surface area contributed by atoms with Crippen molar-refractivity contribution in [3.05, 3.63) is 47.8 Å². The highest BCUT2D eigenvalue weighted by Crippen LogP contribution is 2.31. The maximum atomic E-state index is 11.8. The zero-order valence-corrected chi connectivity index (χ0v) is 12.3. The van der Waals surface area contributed by atoms with Crippen LogP contribution < -0.4 is 0 Å². The van der Waals surface area contributed by atoms with E-state index in [4.69, 9.17) is 4.74 Å². The molecule has 1 N–H and O–H groups in total. The molecule has 2 heterocycles. The van der Waals surface area contributed by atoms with Crippen LogP contribution in [0.3, 0.4) is 0 Å². The Kier molecular flexibility index (Phi) is 3.50. The summed E-state index contributed by atoms with van der Waals surface area (Å²) < 4.78 is 6.56. The van der Waals surface area contributed by atoms with Crippen molar-refractivity contribution >= 4 is 17.0 Å². The van der Waals surface area contributed by atoms with Crippen LogP contribution in [0.25, 0.3) is 16.7 Å². The van der Waals surface area contributed by atoms with Crippen molar-refractivity contribution in [2.24, 2.45) is 0 Å². The highest BCUT2D eigenvalue weighted by Gasteiger charge is 2.21. The molecule has 6 heteroatoms. The van der Waals surface area contributed by atoms with Crippen LogP contribution in [0.5, 0.6) is 5.75 Å². The smallest absolute Gasteiger partial charge is 0.343 e. The minimum absolute atomic E-state index is 0.0464. The van der Waals surface area contributed by atoms with Crippen molar-refractivity contribution in [1.82, 2.24) is 14.8 Å². The first-order valence-corrected chi connectivity index (χ1v) is 6.93. The molecule has 0 spiro atoms. The molecule has 0 aliphatic carbocycles. The summed E-state index contributed by atoms with van der Waals surface area (Å²) in [5.74, 6) is -0.746. The third kappa shape index (κ3) is 2.18. The number of ether oxygens (including phenoxy) is 1. The van der Waals surface area contributed by atoms with Crippen LogP contribution in [0.2, 0.25) is 0 Å². The Morgan fingerprint density at radius 3 is 2.73 bits per heavy atom. The van der Waals surface area contributed by atoms with Gasteiger partial charge in [0.1, 0.15) is 11.3 Å². The van der Waals surface area contributed by atoms with Crippen molar-refractivity contribution < 1.29 is 14.6 Å². The fourth-order valence-electron chi connectivity index (χ4n) is 2.34. The standard InChI is InChI=1S/C16H15N3O3/c1-3-22-16(21)12-9-17-15-13(14(12)20)10(2)18-19(15)11-7-5-4-6-8-11/h4-9H,3H2,1-2H3,(H,17,20). The van der Waals surface area contributed by atoms with Gasteiger partial charge >= 0.3 is 5.97 Å². The number of aromatic hydroxyl groups is 1. The van der Waals surface area contributed by atoms with E-state index >= 15 is 0 Å². The molecule has 3 rings (SSSR count). The number of nitrogens with zero attached hydrogens (tertiary/aromatic N) is 3. The summed E-state index contributed by atoms with van der Waals surface area (Å²) in [6.45, 7) is 3.70. The van der Waals surface area contributed by atoms with Crippen LogP contribution in [-0.4, -0.2) is 32.4 Å². The number of fused-ring (bicyclic) bond motifs is 1. The lowest BCUT2D eigenvalue weighted by Gasteiger charge is -2.06. The third-order valence-electron chi connectivity index (χ3n) is 3.34. The van der Waals surface area contributed by atoms with Crippen molar-refractivity contribution in [2.45, 2.75) is 13.8 Å². The Balaban J connectivity index is 2.21. The Morgan fingerprint density at radius 2 is 2.05 bits per heavy atom. The number of carbonyl (C=O) groups excluding carboxylic acids is 1. The number of para-hydroxylation sites is 1. The third-order valence-corrected chi connectivity index (χ3v) is 3.34. The van der Waals surface area contributed by atoms with E-state index in [2.05, 4.69) is 10.1 Å². The number of aromatic nitrogens is 3. The largest absolute Gasteiger partial charge is 0.506 e. The van der Waals surface area contributed by atoms with Crippen LogP contribution in [0, 0.1) is 6.92 Å². The molecule has 0 unspecified atom stereocenters. The fraction of sp³-hybridized carbons (Fsp3) is 0.188. The van der Waals surface area contributed by atoms with Crippen LogP contribution in [-0.2, 0) is 4.74 Å². The molecule has 2 aromatic heterocycles. The summed E-state index contributed by atoms with van der Waals surface area (Å²) in [5.41, 5.74) is 1.96. The van der Waals surface area contributed by atoms with Crippen LogP contribution >= 0.6 is 0 Å². The van der Waals surface area contributed by atoms with Gasteiger partial charge in [0.25, 0.3) is 0 Å². The first-order valence-electron chi connectivity index (χ1n) is 6.93. The minimum atomic E-state index is -0.596. The van der Waals surface area contributed by atoms with Gasteiger partial charge in [-0.15, -0.1) is 0 Å². The first kappa shape index (κ1) is 14.1. The Morgan fingerprint density at radius 1 is 1.32 bits per heavy atom. The molecule has 0 bridgehead atoms. The zero-order valence-electron chi connectivity index (χ0n) is 12.3. The summed E-state index contributed by atoms with van der Waals surface area (Å²) >= 11 is 0. The van der Waals surface area contributed by atoms with Crippen molar-refractivity contribution in [2.75, 3.05) is 6.61 Å². The normalized spacial score (nSPS) is 10.8. The van der Waals surface area contributed by atoms with Crippen molar-refractivity contribution in [3.8, 4) is 11.4 Å². The van der Waals surface area contributed by atoms with Gasteiger partial charge in [-0.05, 0) is 26.0 Å². The Bertz CT molecular complexity index is 841. The number of rotatable bonds is 3. The molecular formula is C16H15N3O3. The molecular weight excluding hydrogens is 282 g/mol. The number of carbonyl (C=O) groups is 1. The second kappa shape index (κ2) is 5.48. The van der Waals surface area contributed by atoms with E-state index in [0.29, 0.717) is 16.7 Å². The quantitative estimate of drug-likeness (QED) is 0.752. The molecule has 112 valence electrons. The van der Waals surface area contributed by atoms with E-state index in [9.17, 15) is 9.90 Å². The maximum absolute atomic E-state index is 11.8. The Hall–Kier alpha value is -2.89. The summed E-state index contributed by atoms with van der Waals surface area (Å²) in [6.07, 6.45) is 1.32. The SMILES string of the molecule is CCOC(=O)c1cnc2c(c(C)nn2-c2ccccc2)c1O. The van der Waals surface area contributed by atoms with Gasteiger partial charge < -0.3 is 9.84 Å². The lowest BCUT2D eigenvalue weighted by Crippen LogP contribution is -2.06. The lowest BCUT2D eigenvalue weighted by atomic mass is 10.2. The summed E-state index contributed by atoms with van der Waals surface area (Å²) in [4.78, 5) is 16.1. The second-order valence-corrected chi connectivity index (χ2v) is 4.77. The molecule has 6 nitrogen and oxygen atoms in total. The molecule has 0 atom stereocenters. The van der Waals surface area contributed by atoms with Crippen molar-refractivity contribution in [3.63, 3.8) is 0 Å². The van der Waals surface area contributed by atoms with E-state index in [0.717, 1.165) is 5.69 Å². The molecule has 0 fully saturated rings. The number of benzene rings is 1. The molecule has 0 saturated heterocycles. The molecule has 0 amide bonds. The van der Waals surface area contributed by atoms with Gasteiger partial charge in [0.05, 0.1) is 23.4 Å². The predicted molar refractivity (Wildman–Crippen MR) is 81.2 cm³/mol. The monoisotopic (exact) mass is 297 g/mol. The number of pyridine rings is 1. The molecule has 0 radical (unpaired) electrons. The predicted octanol–water partition coefficient (Wildman–Crippen LogP) is 2.61. The zero-order chi connectivity index (χ0) is 15.7. The summed E-state index contributed by atoms with van der Waals surface area (Å²) in [6, 6.07) is 9.48. The average molecular weight is 297 g/mol. The van der Waals surface area contributed by atoms with Gasteiger partial charge in [-0.2, -0.15) is 5.10 Å². The van der Waals surface area contributed by atoms with Gasteiger partial charge in [0, 0.05) is 6.20 Å². The summed E-state index contributed by atoms with van der Waals surface area (Å²) in [7, 11) is 0. The molecule has 3 aromatic rings. The number of aryl methyl sites for hydroxylation is 1. The van der Waals surface area contributed by atoms with Crippen LogP contribution in [0.4, 0.5) is 0 Å². The van der Waals surface area contributed by atoms with Gasteiger partial charge in [-0.1, -0.05) is 18.2 Å². The van der Waals surface area contributed by atoms with Gasteiger partial charge in [-0.25, -0.2) is 14.5 Å². The van der Waals surface area contributed by atoms with E-state index in [-0.39, 0.29) is 17.9 Å². The van der Waals surface area contributed by atoms with Crippen LogP contribution in [0.15, 0.2) is 36.5 Å². The van der Waals surface area contributed by atoms with E-state index < -0.39 is 5.97 Å². The van der Waals surface area contributed by atoms with Crippen molar-refractivity contribution in [1.29, 1.82) is 0 Å². The van der Waals surface area contributed by atoms with E-state index in [1.54, 1.807) is 18.5 Å². The first-order chi connectivity index (χ1) is 10.6. The van der Waals surface area contributed by atoms with E-state index in [1.165, 1.54) is 6.20 Å². The molecule has 0 aliphatic heterocycles. The number of hydrogen-bond donors (Lipinski definition) is 1. The number of hydrogen-bond acceptors (Lipinski definition) is 5. The van der Waals surface area contributed by atoms with Gasteiger partial charge in [0.15, 0.2) is 5.65 Å². The molecule has 22 heavy (non-hydrogen) atoms. The maximum Gasteiger partial charge on any atom is 0.343 e. The topological polar surface area (TPSA) is 77.2 Å². The van der Waals surface area contributed by atoms with Crippen LogP contribution in [0.1, 0.15) is 23.0 Å². The van der Waals surface area contributed by atoms with Gasteiger partial charge in [-0.3, -0.25) is 0 Å². The van der Waals surface area contributed by atoms with Gasteiger partial charge in [0.2, 0.25) is 0 Å². The molecule has 0 aliphatic rings. The molecule has 1 aromatic carbocycles. The fourth-order valence-corrected chi connectivity index (χ4v) is 2.34. The second-order valence-electron chi connectivity index (χ2n) is 4.77. The highest BCUT2D eigenvalue weighted by molar-refractivity contribution is 5.99. The average Bonchev–Trinajstić information content (AvgIpc) is 2.86. The highest BCUT2D eigenvalue weighted by atomic mass is 16.5. The summed E-state index contributed by atoms with van der Waals surface area (Å²) in [5, 5.41) is 15.3. The minimum Gasteiger partial charge on any atom is -0.506 e. The Labute approximate surface area is 127 Å².